The third-order valence-electron chi connectivity index (χ3n) is 3.85. The number of benzene rings is 1. The standard InChI is InChI=1S/C16H21ClN2O3/c1-12(20)19-8-9-22-16(2,11-19)15(21)18(3)10-13-4-6-14(17)7-5-13/h4-7H,8-11H2,1-3H3/t16-/m0/s1. The molecular formula is C16H21ClN2O3. The second-order valence-electron chi connectivity index (χ2n) is 5.81. The Balaban J connectivity index is 2.05. The Morgan fingerprint density at radius 2 is 2.00 bits per heavy atom. The molecule has 1 aromatic rings. The van der Waals surface area contributed by atoms with Gasteiger partial charge in [-0.05, 0) is 24.6 Å². The fourth-order valence-corrected chi connectivity index (χ4v) is 2.73. The molecule has 1 aromatic carbocycles. The molecule has 2 amide bonds. The summed E-state index contributed by atoms with van der Waals surface area (Å²) >= 11 is 5.86. The van der Waals surface area contributed by atoms with Crippen LogP contribution in [0, 0.1) is 0 Å². The molecule has 22 heavy (non-hydrogen) atoms. The van der Waals surface area contributed by atoms with Crippen molar-refractivity contribution < 1.29 is 14.3 Å². The second kappa shape index (κ2) is 6.67. The van der Waals surface area contributed by atoms with Crippen molar-refractivity contribution in [1.82, 2.24) is 9.80 Å². The van der Waals surface area contributed by atoms with Gasteiger partial charge in [-0.3, -0.25) is 9.59 Å². The van der Waals surface area contributed by atoms with E-state index in [1.54, 1.807) is 35.9 Å². The van der Waals surface area contributed by atoms with Gasteiger partial charge >= 0.3 is 0 Å². The zero-order valence-corrected chi connectivity index (χ0v) is 13.9. The van der Waals surface area contributed by atoms with E-state index >= 15 is 0 Å². The predicted octanol–water partition coefficient (Wildman–Crippen LogP) is 1.94. The normalized spacial score (nSPS) is 21.5. The summed E-state index contributed by atoms with van der Waals surface area (Å²) in [7, 11) is 1.73. The van der Waals surface area contributed by atoms with E-state index in [0.717, 1.165) is 5.56 Å². The van der Waals surface area contributed by atoms with E-state index in [-0.39, 0.29) is 18.4 Å². The minimum Gasteiger partial charge on any atom is -0.362 e. The molecule has 0 aliphatic carbocycles. The largest absolute Gasteiger partial charge is 0.362 e. The topological polar surface area (TPSA) is 49.9 Å². The number of halogens is 1. The van der Waals surface area contributed by atoms with Crippen LogP contribution in [0.25, 0.3) is 0 Å². The quantitative estimate of drug-likeness (QED) is 0.853. The molecule has 0 aromatic heterocycles. The van der Waals surface area contributed by atoms with Crippen LogP contribution in [0.1, 0.15) is 19.4 Å². The molecular weight excluding hydrogens is 304 g/mol. The summed E-state index contributed by atoms with van der Waals surface area (Å²) in [6.45, 7) is 4.90. The molecule has 0 radical (unpaired) electrons. The van der Waals surface area contributed by atoms with E-state index in [2.05, 4.69) is 0 Å². The first-order chi connectivity index (χ1) is 10.3. The highest BCUT2D eigenvalue weighted by molar-refractivity contribution is 6.30. The Kier molecular flexibility index (Phi) is 5.08. The Bertz CT molecular complexity index is 561. The lowest BCUT2D eigenvalue weighted by Crippen LogP contribution is -2.59. The monoisotopic (exact) mass is 324 g/mol. The third-order valence-corrected chi connectivity index (χ3v) is 4.10. The number of ether oxygens (including phenoxy) is 1. The molecule has 0 unspecified atom stereocenters. The SMILES string of the molecule is CC(=O)N1CCO[C@](C)(C(=O)N(C)Cc2ccc(Cl)cc2)C1. The molecule has 120 valence electrons. The number of rotatable bonds is 3. The molecule has 1 heterocycles. The number of hydrogen-bond donors (Lipinski definition) is 0. The van der Waals surface area contributed by atoms with Crippen LogP contribution >= 0.6 is 11.6 Å². The maximum atomic E-state index is 12.7. The van der Waals surface area contributed by atoms with E-state index in [1.165, 1.54) is 6.92 Å². The summed E-state index contributed by atoms with van der Waals surface area (Å²) in [5.74, 6) is -0.170. The van der Waals surface area contributed by atoms with E-state index in [1.807, 2.05) is 12.1 Å². The molecule has 0 spiro atoms. The molecule has 1 saturated heterocycles. The fourth-order valence-electron chi connectivity index (χ4n) is 2.61. The van der Waals surface area contributed by atoms with Gasteiger partial charge in [0.05, 0.1) is 13.2 Å². The Labute approximate surface area is 135 Å². The Hall–Kier alpha value is -1.59. The minimum atomic E-state index is -0.995. The summed E-state index contributed by atoms with van der Waals surface area (Å²) in [5.41, 5.74) is -0.00598. The summed E-state index contributed by atoms with van der Waals surface area (Å²) in [4.78, 5) is 27.5. The predicted molar refractivity (Wildman–Crippen MR) is 84.5 cm³/mol. The highest BCUT2D eigenvalue weighted by Gasteiger charge is 2.41. The van der Waals surface area contributed by atoms with Crippen LogP contribution < -0.4 is 0 Å². The van der Waals surface area contributed by atoms with Gasteiger partial charge in [-0.2, -0.15) is 0 Å². The average molecular weight is 325 g/mol. The van der Waals surface area contributed by atoms with Crippen LogP contribution in [0.3, 0.4) is 0 Å². The lowest BCUT2D eigenvalue weighted by Gasteiger charge is -2.40. The van der Waals surface area contributed by atoms with Crippen LogP contribution in [-0.2, 0) is 20.9 Å². The summed E-state index contributed by atoms with van der Waals surface area (Å²) in [6.07, 6.45) is 0. The van der Waals surface area contributed by atoms with Gasteiger partial charge in [0.2, 0.25) is 5.91 Å². The number of morpholine rings is 1. The van der Waals surface area contributed by atoms with Gasteiger partial charge in [-0.25, -0.2) is 0 Å². The number of nitrogens with zero attached hydrogens (tertiary/aromatic N) is 2. The second-order valence-corrected chi connectivity index (χ2v) is 6.24. The maximum Gasteiger partial charge on any atom is 0.256 e. The number of likely N-dealkylation sites (N-methyl/N-ethyl adjacent to an activating group) is 1. The van der Waals surface area contributed by atoms with Crippen molar-refractivity contribution in [2.45, 2.75) is 26.0 Å². The molecule has 1 fully saturated rings. The van der Waals surface area contributed by atoms with Crippen molar-refractivity contribution in [3.05, 3.63) is 34.9 Å². The molecule has 6 heteroatoms. The summed E-state index contributed by atoms with van der Waals surface area (Å²) < 4.78 is 5.68. The van der Waals surface area contributed by atoms with E-state index in [9.17, 15) is 9.59 Å². The number of carbonyl (C=O) groups excluding carboxylic acids is 2. The maximum absolute atomic E-state index is 12.7. The van der Waals surface area contributed by atoms with Gasteiger partial charge in [0, 0.05) is 32.1 Å². The smallest absolute Gasteiger partial charge is 0.256 e. The molecule has 1 aliphatic rings. The van der Waals surface area contributed by atoms with Gasteiger partial charge in [0.25, 0.3) is 5.91 Å². The van der Waals surface area contributed by atoms with Crippen molar-refractivity contribution in [2.75, 3.05) is 26.7 Å². The molecule has 1 aliphatic heterocycles. The van der Waals surface area contributed by atoms with Crippen LogP contribution in [0.5, 0.6) is 0 Å². The van der Waals surface area contributed by atoms with Crippen LogP contribution in [-0.4, -0.2) is 54.0 Å². The molecule has 1 atom stereocenters. The van der Waals surface area contributed by atoms with Crippen molar-refractivity contribution in [1.29, 1.82) is 0 Å². The van der Waals surface area contributed by atoms with Crippen molar-refractivity contribution >= 4 is 23.4 Å². The highest BCUT2D eigenvalue weighted by atomic mass is 35.5. The lowest BCUT2D eigenvalue weighted by atomic mass is 10.0. The first kappa shape index (κ1) is 16.8. The number of amides is 2. The molecule has 2 rings (SSSR count). The van der Waals surface area contributed by atoms with E-state index < -0.39 is 5.60 Å². The van der Waals surface area contributed by atoms with Crippen molar-refractivity contribution in [3.8, 4) is 0 Å². The zero-order valence-electron chi connectivity index (χ0n) is 13.1. The minimum absolute atomic E-state index is 0.0392. The third kappa shape index (κ3) is 3.78. The Morgan fingerprint density at radius 1 is 1.36 bits per heavy atom. The van der Waals surface area contributed by atoms with Gasteiger partial charge in [0.1, 0.15) is 0 Å². The number of carbonyl (C=O) groups is 2. The van der Waals surface area contributed by atoms with Gasteiger partial charge in [-0.1, -0.05) is 23.7 Å². The average Bonchev–Trinajstić information content (AvgIpc) is 2.48. The van der Waals surface area contributed by atoms with Crippen molar-refractivity contribution in [2.24, 2.45) is 0 Å². The fraction of sp³-hybridized carbons (Fsp3) is 0.500. The molecule has 0 bridgehead atoms. The first-order valence-corrected chi connectivity index (χ1v) is 7.59. The van der Waals surface area contributed by atoms with E-state index in [0.29, 0.717) is 24.7 Å². The van der Waals surface area contributed by atoms with E-state index in [4.69, 9.17) is 16.3 Å². The van der Waals surface area contributed by atoms with Gasteiger partial charge in [0.15, 0.2) is 5.60 Å². The van der Waals surface area contributed by atoms with Crippen LogP contribution in [0.15, 0.2) is 24.3 Å². The zero-order chi connectivity index (χ0) is 16.3. The number of hydrogen-bond acceptors (Lipinski definition) is 3. The summed E-state index contributed by atoms with van der Waals surface area (Å²) in [6, 6.07) is 7.37. The Morgan fingerprint density at radius 3 is 2.59 bits per heavy atom. The van der Waals surface area contributed by atoms with Gasteiger partial charge < -0.3 is 14.5 Å². The van der Waals surface area contributed by atoms with Crippen LogP contribution in [0.2, 0.25) is 5.02 Å². The summed E-state index contributed by atoms with van der Waals surface area (Å²) in [5, 5.41) is 0.664. The molecule has 0 saturated carbocycles. The van der Waals surface area contributed by atoms with Crippen LogP contribution in [0.4, 0.5) is 0 Å². The molecule has 0 N–H and O–H groups in total. The lowest BCUT2D eigenvalue weighted by molar-refractivity contribution is -0.170. The van der Waals surface area contributed by atoms with Gasteiger partial charge in [-0.15, -0.1) is 0 Å². The first-order valence-electron chi connectivity index (χ1n) is 7.21. The highest BCUT2D eigenvalue weighted by Crippen LogP contribution is 2.21. The molecule has 5 nitrogen and oxygen atoms in total. The van der Waals surface area contributed by atoms with Crippen molar-refractivity contribution in [3.63, 3.8) is 0 Å².